The first-order valence-electron chi connectivity index (χ1n) is 8.44. The summed E-state index contributed by atoms with van der Waals surface area (Å²) in [4.78, 5) is 25.9. The van der Waals surface area contributed by atoms with Crippen molar-refractivity contribution in [2.75, 3.05) is 20.8 Å². The molecule has 0 atom stereocenters. The highest BCUT2D eigenvalue weighted by Gasteiger charge is 2.14. The van der Waals surface area contributed by atoms with Gasteiger partial charge in [-0.05, 0) is 52.4 Å². The summed E-state index contributed by atoms with van der Waals surface area (Å²) in [5.74, 6) is -0.164. The predicted molar refractivity (Wildman–Crippen MR) is 98.9 cm³/mol. The highest BCUT2D eigenvalue weighted by atomic mass is 16.5. The van der Waals surface area contributed by atoms with E-state index in [1.165, 1.54) is 15.9 Å². The molecule has 0 fully saturated rings. The van der Waals surface area contributed by atoms with E-state index in [0.29, 0.717) is 17.8 Å². The Morgan fingerprint density at radius 3 is 2.61 bits per heavy atom. The van der Waals surface area contributed by atoms with Gasteiger partial charge in [0.2, 0.25) is 0 Å². The molecule has 0 bridgehead atoms. The number of nitrogens with zero attached hydrogens (tertiary/aromatic N) is 5. The minimum absolute atomic E-state index is 0.304. The zero-order valence-electron chi connectivity index (χ0n) is 15.5. The van der Waals surface area contributed by atoms with Crippen molar-refractivity contribution in [2.24, 2.45) is 0 Å². The van der Waals surface area contributed by atoms with Crippen LogP contribution < -0.4 is 4.74 Å². The molecule has 1 aromatic heterocycles. The van der Waals surface area contributed by atoms with Gasteiger partial charge in [0.15, 0.2) is 6.61 Å². The Morgan fingerprint density at radius 2 is 1.93 bits per heavy atom. The minimum atomic E-state index is -0.577. The van der Waals surface area contributed by atoms with Gasteiger partial charge in [-0.1, -0.05) is 12.1 Å². The van der Waals surface area contributed by atoms with E-state index in [-0.39, 0.29) is 12.5 Å². The molecule has 9 nitrogen and oxygen atoms in total. The van der Waals surface area contributed by atoms with Crippen LogP contribution in [-0.2, 0) is 16.1 Å². The van der Waals surface area contributed by atoms with Crippen LogP contribution in [0.2, 0.25) is 0 Å². The van der Waals surface area contributed by atoms with Crippen LogP contribution in [0.5, 0.6) is 5.75 Å². The normalized spacial score (nSPS) is 10.4. The lowest BCUT2D eigenvalue weighted by Crippen LogP contribution is -2.30. The van der Waals surface area contributed by atoms with Crippen LogP contribution in [-0.4, -0.2) is 57.7 Å². The number of hydrogen-bond donors (Lipinski definition) is 0. The van der Waals surface area contributed by atoms with Gasteiger partial charge in [0.1, 0.15) is 12.1 Å². The largest absolute Gasteiger partial charge is 0.497 e. The third-order valence-electron chi connectivity index (χ3n) is 4.02. The van der Waals surface area contributed by atoms with Gasteiger partial charge in [0.25, 0.3) is 5.91 Å². The number of rotatable bonds is 7. The van der Waals surface area contributed by atoms with Crippen molar-refractivity contribution in [3.05, 3.63) is 66.0 Å². The van der Waals surface area contributed by atoms with Gasteiger partial charge in [-0.3, -0.25) is 4.79 Å². The summed E-state index contributed by atoms with van der Waals surface area (Å²) in [6, 6.07) is 14.0. The van der Waals surface area contributed by atoms with Crippen LogP contribution in [0.4, 0.5) is 0 Å². The third-order valence-corrected chi connectivity index (χ3v) is 4.02. The molecule has 0 unspecified atom stereocenters. The fraction of sp³-hybridized carbons (Fsp3) is 0.211. The van der Waals surface area contributed by atoms with Crippen LogP contribution in [0.15, 0.2) is 54.9 Å². The number of aromatic nitrogens is 4. The lowest BCUT2D eigenvalue weighted by atomic mass is 10.2. The molecule has 0 radical (unpaired) electrons. The zero-order valence-corrected chi connectivity index (χ0v) is 15.5. The molecule has 144 valence electrons. The first-order valence-corrected chi connectivity index (χ1v) is 8.44. The maximum atomic E-state index is 12.2. The molecule has 0 N–H and O–H groups in total. The number of benzene rings is 2. The van der Waals surface area contributed by atoms with Crippen molar-refractivity contribution in [2.45, 2.75) is 6.54 Å². The average Bonchev–Trinajstić information content (AvgIpc) is 3.27. The number of carbonyl (C=O) groups excluding carboxylic acids is 2. The quantitative estimate of drug-likeness (QED) is 0.572. The number of ether oxygens (including phenoxy) is 2. The zero-order chi connectivity index (χ0) is 19.9. The fourth-order valence-electron chi connectivity index (χ4n) is 2.48. The highest BCUT2D eigenvalue weighted by Crippen LogP contribution is 2.14. The number of methoxy groups -OCH3 is 1. The number of carbonyl (C=O) groups is 2. The molecular formula is C19H19N5O4. The Kier molecular flexibility index (Phi) is 5.95. The highest BCUT2D eigenvalue weighted by molar-refractivity contribution is 5.91. The minimum Gasteiger partial charge on any atom is -0.497 e. The summed E-state index contributed by atoms with van der Waals surface area (Å²) >= 11 is 0. The van der Waals surface area contributed by atoms with E-state index in [4.69, 9.17) is 9.47 Å². The van der Waals surface area contributed by atoms with Crippen LogP contribution in [0.25, 0.3) is 5.69 Å². The van der Waals surface area contributed by atoms with Crippen molar-refractivity contribution in [3.8, 4) is 11.4 Å². The molecule has 0 saturated heterocycles. The summed E-state index contributed by atoms with van der Waals surface area (Å²) in [5, 5.41) is 10.9. The van der Waals surface area contributed by atoms with Crippen molar-refractivity contribution in [1.29, 1.82) is 0 Å². The molecule has 3 rings (SSSR count). The Labute approximate surface area is 161 Å². The maximum absolute atomic E-state index is 12.2. The van der Waals surface area contributed by atoms with Gasteiger partial charge in [0.05, 0.1) is 18.4 Å². The summed E-state index contributed by atoms with van der Waals surface area (Å²) < 4.78 is 11.8. The number of hydrogen-bond acceptors (Lipinski definition) is 7. The summed E-state index contributed by atoms with van der Waals surface area (Å²) in [5.41, 5.74) is 1.95. The molecule has 0 aliphatic rings. The number of esters is 1. The van der Waals surface area contributed by atoms with Crippen LogP contribution in [0, 0.1) is 0 Å². The molecule has 3 aromatic rings. The topological polar surface area (TPSA) is 99.4 Å². The van der Waals surface area contributed by atoms with Crippen molar-refractivity contribution >= 4 is 11.9 Å². The summed E-state index contributed by atoms with van der Waals surface area (Å²) in [6.07, 6.45) is 1.45. The van der Waals surface area contributed by atoms with Crippen LogP contribution in [0.3, 0.4) is 0 Å². The van der Waals surface area contributed by atoms with Crippen LogP contribution in [0.1, 0.15) is 15.9 Å². The molecule has 0 saturated carbocycles. The first-order chi connectivity index (χ1) is 13.6. The van der Waals surface area contributed by atoms with E-state index in [1.807, 2.05) is 24.3 Å². The Balaban J connectivity index is 1.52. The van der Waals surface area contributed by atoms with Gasteiger partial charge in [-0.2, -0.15) is 0 Å². The summed E-state index contributed by atoms with van der Waals surface area (Å²) in [6.45, 7) is 0.0439. The first kappa shape index (κ1) is 19.0. The number of amides is 1. The molecule has 1 amide bonds. The van der Waals surface area contributed by atoms with Crippen molar-refractivity contribution < 1.29 is 19.1 Å². The molecule has 0 aliphatic carbocycles. The number of likely N-dealkylation sites (N-methyl/N-ethyl adjacent to an activating group) is 1. The second-order valence-electron chi connectivity index (χ2n) is 5.98. The molecule has 0 spiro atoms. The van der Waals surface area contributed by atoms with E-state index in [1.54, 1.807) is 38.4 Å². The molecule has 2 aromatic carbocycles. The van der Waals surface area contributed by atoms with E-state index < -0.39 is 5.97 Å². The van der Waals surface area contributed by atoms with E-state index in [9.17, 15) is 9.59 Å². The smallest absolute Gasteiger partial charge is 0.338 e. The Morgan fingerprint density at radius 1 is 1.14 bits per heavy atom. The van der Waals surface area contributed by atoms with Crippen molar-refractivity contribution in [1.82, 2.24) is 25.1 Å². The monoisotopic (exact) mass is 381 g/mol. The summed E-state index contributed by atoms with van der Waals surface area (Å²) in [7, 11) is 3.24. The van der Waals surface area contributed by atoms with E-state index in [0.717, 1.165) is 11.3 Å². The average molecular weight is 381 g/mol. The van der Waals surface area contributed by atoms with Gasteiger partial charge in [-0.15, -0.1) is 5.10 Å². The molecule has 0 aliphatic heterocycles. The molecule has 28 heavy (non-hydrogen) atoms. The molecular weight excluding hydrogens is 362 g/mol. The van der Waals surface area contributed by atoms with Crippen molar-refractivity contribution in [3.63, 3.8) is 0 Å². The maximum Gasteiger partial charge on any atom is 0.338 e. The lowest BCUT2D eigenvalue weighted by molar-refractivity contribution is -0.133. The molecule has 9 heteroatoms. The standard InChI is InChI=1S/C19H19N5O4/c1-23(11-14-4-3-5-17(10-14)27-2)18(25)12-28-19(26)15-6-8-16(9-7-15)24-13-20-21-22-24/h3-10,13H,11-12H2,1-2H3. The van der Waals surface area contributed by atoms with Crippen LogP contribution >= 0.6 is 0 Å². The molecule has 1 heterocycles. The second kappa shape index (κ2) is 8.76. The Bertz CT molecular complexity index is 941. The van der Waals surface area contributed by atoms with Gasteiger partial charge < -0.3 is 14.4 Å². The SMILES string of the molecule is COc1cccc(CN(C)C(=O)COC(=O)c2ccc(-n3cnnn3)cc2)c1. The van der Waals surface area contributed by atoms with Gasteiger partial charge in [-0.25, -0.2) is 9.48 Å². The lowest BCUT2D eigenvalue weighted by Gasteiger charge is -2.17. The Hall–Kier alpha value is -3.75. The van der Waals surface area contributed by atoms with E-state index in [2.05, 4.69) is 15.5 Å². The van der Waals surface area contributed by atoms with Gasteiger partial charge in [0, 0.05) is 13.6 Å². The van der Waals surface area contributed by atoms with Gasteiger partial charge >= 0.3 is 5.97 Å². The second-order valence-corrected chi connectivity index (χ2v) is 5.98. The predicted octanol–water partition coefficient (Wildman–Crippen LogP) is 1.49. The third kappa shape index (κ3) is 4.70. The number of tetrazole rings is 1. The van der Waals surface area contributed by atoms with E-state index >= 15 is 0 Å². The fourth-order valence-corrected chi connectivity index (χ4v) is 2.48.